The maximum atomic E-state index is 13.6. The van der Waals surface area contributed by atoms with E-state index in [0.29, 0.717) is 12.2 Å². The molecule has 0 fully saturated rings. The molecular weight excluding hydrogens is 572 g/mol. The second kappa shape index (κ2) is 11.3. The number of fused-ring (bicyclic) bond motifs is 1. The normalized spacial score (nSPS) is 12.8. The molecule has 0 unspecified atom stereocenters. The summed E-state index contributed by atoms with van der Waals surface area (Å²) in [7, 11) is 1.25. The molecule has 4 heterocycles. The number of aromatic nitrogens is 7. The van der Waals surface area contributed by atoms with Gasteiger partial charge in [0, 0.05) is 43.4 Å². The highest BCUT2D eigenvalue weighted by molar-refractivity contribution is 7.91. The lowest BCUT2D eigenvalue weighted by Crippen LogP contribution is -2.29. The van der Waals surface area contributed by atoms with Crippen LogP contribution in [0.5, 0.6) is 5.75 Å². The first-order valence-corrected chi connectivity index (χ1v) is 14.1. The Morgan fingerprint density at radius 1 is 1.14 bits per heavy atom. The molecule has 0 spiro atoms. The standard InChI is InChI=1S/C26H27F2N9O4S/c1-16(34(2)3)13-36-14-18(11-30-36)42(39,40)17-6-7-22(41-26(27)28)19(10-17)23-21(15-35(4)33-23)32-25(38)20-12-31-37-9-5-8-29-24(20)37/h5-12,14-16,26H,13H2,1-4H3,(H,32,38)/t16-/m1/s1. The monoisotopic (exact) mass is 599 g/mol. The zero-order valence-electron chi connectivity index (χ0n) is 23.0. The fraction of sp³-hybridized carbons (Fsp3) is 0.269. The molecule has 1 atom stereocenters. The highest BCUT2D eigenvalue weighted by Crippen LogP contribution is 2.38. The number of nitrogens with one attached hydrogen (secondary N) is 1. The second-order valence-electron chi connectivity index (χ2n) is 9.72. The van der Waals surface area contributed by atoms with Gasteiger partial charge in [0.15, 0.2) is 5.65 Å². The molecule has 1 aromatic carbocycles. The summed E-state index contributed by atoms with van der Waals surface area (Å²) in [5, 5.41) is 15.3. The number of rotatable bonds is 10. The molecule has 42 heavy (non-hydrogen) atoms. The van der Waals surface area contributed by atoms with Crippen LogP contribution in [0.4, 0.5) is 14.5 Å². The molecule has 0 saturated carbocycles. The number of sulfone groups is 1. The first-order chi connectivity index (χ1) is 19.9. The van der Waals surface area contributed by atoms with Crippen molar-refractivity contribution < 1.29 is 26.7 Å². The number of hydrogen-bond acceptors (Lipinski definition) is 9. The Labute approximate surface area is 239 Å². The van der Waals surface area contributed by atoms with Crippen LogP contribution in [-0.2, 0) is 23.4 Å². The van der Waals surface area contributed by atoms with Crippen LogP contribution in [0.2, 0.25) is 0 Å². The van der Waals surface area contributed by atoms with Gasteiger partial charge in [-0.3, -0.25) is 14.2 Å². The van der Waals surface area contributed by atoms with E-state index >= 15 is 0 Å². The summed E-state index contributed by atoms with van der Waals surface area (Å²) in [6, 6.07) is 5.22. The van der Waals surface area contributed by atoms with E-state index in [0.717, 1.165) is 6.07 Å². The van der Waals surface area contributed by atoms with Gasteiger partial charge in [-0.1, -0.05) is 0 Å². The van der Waals surface area contributed by atoms with E-state index in [4.69, 9.17) is 4.74 Å². The predicted octanol–water partition coefficient (Wildman–Crippen LogP) is 2.96. The Balaban J connectivity index is 1.53. The minimum absolute atomic E-state index is 0.0125. The van der Waals surface area contributed by atoms with E-state index in [1.165, 1.54) is 57.0 Å². The van der Waals surface area contributed by atoms with Crippen molar-refractivity contribution in [3.05, 3.63) is 67.0 Å². The SMILES string of the molecule is C[C@H](Cn1cc(S(=O)(=O)c2ccc(OC(F)F)c(-c3nn(C)cc3NC(=O)c3cnn4cccnc34)c2)cn1)N(C)C. The molecule has 0 saturated heterocycles. The number of halogens is 2. The van der Waals surface area contributed by atoms with E-state index in [-0.39, 0.29) is 44.1 Å². The average Bonchev–Trinajstić information content (AvgIpc) is 3.67. The van der Waals surface area contributed by atoms with Crippen molar-refractivity contribution in [1.82, 2.24) is 39.1 Å². The molecule has 1 amide bonds. The summed E-state index contributed by atoms with van der Waals surface area (Å²) >= 11 is 0. The summed E-state index contributed by atoms with van der Waals surface area (Å²) in [5.74, 6) is -0.913. The van der Waals surface area contributed by atoms with Gasteiger partial charge in [-0.2, -0.15) is 24.1 Å². The van der Waals surface area contributed by atoms with Crippen molar-refractivity contribution >= 4 is 27.1 Å². The Morgan fingerprint density at radius 3 is 2.67 bits per heavy atom. The number of alkyl halides is 2. The molecule has 1 N–H and O–H groups in total. The number of amides is 1. The Hall–Kier alpha value is -4.70. The van der Waals surface area contributed by atoms with Crippen LogP contribution in [0.1, 0.15) is 17.3 Å². The molecule has 220 valence electrons. The summed E-state index contributed by atoms with van der Waals surface area (Å²) in [4.78, 5) is 19.0. The first kappa shape index (κ1) is 28.8. The number of nitrogens with zero attached hydrogens (tertiary/aromatic N) is 8. The quantitative estimate of drug-likeness (QED) is 0.256. The lowest BCUT2D eigenvalue weighted by atomic mass is 10.1. The third-order valence-electron chi connectivity index (χ3n) is 6.59. The van der Waals surface area contributed by atoms with E-state index in [9.17, 15) is 22.0 Å². The van der Waals surface area contributed by atoms with Crippen LogP contribution in [0.15, 0.2) is 71.2 Å². The van der Waals surface area contributed by atoms with E-state index in [1.54, 1.807) is 19.3 Å². The van der Waals surface area contributed by atoms with Crippen LogP contribution in [0.3, 0.4) is 0 Å². The van der Waals surface area contributed by atoms with Crippen LogP contribution in [0.25, 0.3) is 16.9 Å². The van der Waals surface area contributed by atoms with Crippen LogP contribution in [-0.4, -0.2) is 80.1 Å². The number of ether oxygens (including phenoxy) is 1. The molecule has 0 aliphatic carbocycles. The lowest BCUT2D eigenvalue weighted by Gasteiger charge is -2.19. The highest BCUT2D eigenvalue weighted by atomic mass is 32.2. The summed E-state index contributed by atoms with van der Waals surface area (Å²) < 4.78 is 62.9. The first-order valence-electron chi connectivity index (χ1n) is 12.6. The Morgan fingerprint density at radius 2 is 1.93 bits per heavy atom. The third kappa shape index (κ3) is 5.71. The topological polar surface area (TPSA) is 142 Å². The van der Waals surface area contributed by atoms with Crippen molar-refractivity contribution in [2.45, 2.75) is 35.9 Å². The number of carbonyl (C=O) groups is 1. The minimum Gasteiger partial charge on any atom is -0.434 e. The van der Waals surface area contributed by atoms with Gasteiger partial charge in [0.1, 0.15) is 21.9 Å². The Kier molecular flexibility index (Phi) is 7.74. The van der Waals surface area contributed by atoms with Gasteiger partial charge in [0.05, 0.1) is 29.5 Å². The number of anilines is 1. The Bertz CT molecular complexity index is 1860. The molecule has 0 aliphatic rings. The van der Waals surface area contributed by atoms with Crippen LogP contribution in [0, 0.1) is 0 Å². The minimum atomic E-state index is -4.12. The van der Waals surface area contributed by atoms with Gasteiger partial charge >= 0.3 is 6.61 Å². The average molecular weight is 600 g/mol. The molecule has 4 aromatic heterocycles. The maximum absolute atomic E-state index is 13.6. The lowest BCUT2D eigenvalue weighted by molar-refractivity contribution is -0.0494. The zero-order chi connectivity index (χ0) is 30.2. The van der Waals surface area contributed by atoms with Gasteiger partial charge in [-0.05, 0) is 45.3 Å². The van der Waals surface area contributed by atoms with Crippen LogP contribution < -0.4 is 10.1 Å². The smallest absolute Gasteiger partial charge is 0.387 e. The van der Waals surface area contributed by atoms with Gasteiger partial charge in [-0.15, -0.1) is 0 Å². The summed E-state index contributed by atoms with van der Waals surface area (Å²) in [6.07, 6.45) is 8.57. The molecule has 0 bridgehead atoms. The number of aryl methyl sites for hydroxylation is 1. The van der Waals surface area contributed by atoms with E-state index < -0.39 is 22.4 Å². The molecule has 5 aromatic rings. The molecule has 13 nitrogen and oxygen atoms in total. The van der Waals surface area contributed by atoms with Crippen LogP contribution >= 0.6 is 0 Å². The number of carbonyl (C=O) groups excluding carboxylic acids is 1. The van der Waals surface area contributed by atoms with Crippen molar-refractivity contribution in [3.63, 3.8) is 0 Å². The van der Waals surface area contributed by atoms with Gasteiger partial charge in [-0.25, -0.2) is 17.9 Å². The largest absolute Gasteiger partial charge is 0.434 e. The molecular formula is C26H27F2N9O4S. The van der Waals surface area contributed by atoms with Gasteiger partial charge < -0.3 is 15.0 Å². The number of hydrogen-bond donors (Lipinski definition) is 1. The third-order valence-corrected chi connectivity index (χ3v) is 8.29. The maximum Gasteiger partial charge on any atom is 0.387 e. The van der Waals surface area contributed by atoms with Gasteiger partial charge in [0.2, 0.25) is 9.84 Å². The summed E-state index contributed by atoms with van der Waals surface area (Å²) in [6.45, 7) is -0.775. The molecule has 5 rings (SSSR count). The second-order valence-corrected chi connectivity index (χ2v) is 11.7. The number of likely N-dealkylation sites (N-methyl/N-ethyl adjacent to an activating group) is 1. The molecule has 16 heteroatoms. The van der Waals surface area contributed by atoms with Crippen molar-refractivity contribution in [2.24, 2.45) is 7.05 Å². The fourth-order valence-electron chi connectivity index (χ4n) is 4.17. The van der Waals surface area contributed by atoms with E-state index in [2.05, 4.69) is 25.6 Å². The number of benzene rings is 1. The van der Waals surface area contributed by atoms with Crippen molar-refractivity contribution in [3.8, 4) is 17.0 Å². The molecule has 0 aliphatic heterocycles. The molecule has 0 radical (unpaired) electrons. The fourth-order valence-corrected chi connectivity index (χ4v) is 5.41. The predicted molar refractivity (Wildman–Crippen MR) is 147 cm³/mol. The van der Waals surface area contributed by atoms with Crippen molar-refractivity contribution in [1.29, 1.82) is 0 Å². The van der Waals surface area contributed by atoms with Crippen molar-refractivity contribution in [2.75, 3.05) is 19.4 Å². The summed E-state index contributed by atoms with van der Waals surface area (Å²) in [5.41, 5.74) is 0.525. The van der Waals surface area contributed by atoms with E-state index in [1.807, 2.05) is 25.9 Å². The zero-order valence-corrected chi connectivity index (χ0v) is 23.8. The highest BCUT2D eigenvalue weighted by Gasteiger charge is 2.26. The van der Waals surface area contributed by atoms with Gasteiger partial charge in [0.25, 0.3) is 5.91 Å².